The van der Waals surface area contributed by atoms with Crippen LogP contribution in [0.2, 0.25) is 0 Å². The molecule has 2 amide bonds. The van der Waals surface area contributed by atoms with Gasteiger partial charge in [0.15, 0.2) is 5.43 Å². The molecule has 2 aromatic rings. The molecule has 2 fully saturated rings. The number of amides is 2. The molecule has 1 spiro atoms. The van der Waals surface area contributed by atoms with Gasteiger partial charge in [0, 0.05) is 44.3 Å². The summed E-state index contributed by atoms with van der Waals surface area (Å²) in [5.41, 5.74) is 0.324. The number of pyridine rings is 1. The van der Waals surface area contributed by atoms with Crippen LogP contribution in [0.3, 0.4) is 0 Å². The van der Waals surface area contributed by atoms with Crippen molar-refractivity contribution in [2.75, 3.05) is 26.7 Å². The number of carbonyl (C=O) groups is 2. The Kier molecular flexibility index (Phi) is 4.05. The van der Waals surface area contributed by atoms with E-state index in [-0.39, 0.29) is 23.8 Å². The highest BCUT2D eigenvalue weighted by Gasteiger charge is 2.48. The van der Waals surface area contributed by atoms with Crippen LogP contribution in [0.5, 0.6) is 0 Å². The number of rotatable bonds is 2. The van der Waals surface area contributed by atoms with Crippen LogP contribution in [0, 0.1) is 5.41 Å². The third-order valence-corrected chi connectivity index (χ3v) is 5.85. The number of para-hydroxylation sites is 1. The summed E-state index contributed by atoms with van der Waals surface area (Å²) in [6, 6.07) is 8.82. The van der Waals surface area contributed by atoms with E-state index in [1.807, 2.05) is 34.7 Å². The van der Waals surface area contributed by atoms with E-state index in [1.54, 1.807) is 17.2 Å². The third-order valence-electron chi connectivity index (χ3n) is 5.85. The Labute approximate surface area is 152 Å². The predicted molar refractivity (Wildman–Crippen MR) is 98.7 cm³/mol. The zero-order valence-electron chi connectivity index (χ0n) is 15.0. The van der Waals surface area contributed by atoms with E-state index in [0.29, 0.717) is 18.5 Å². The van der Waals surface area contributed by atoms with Crippen molar-refractivity contribution in [2.24, 2.45) is 5.41 Å². The SMILES string of the molecule is CN1CCCC2(CCN(C(=O)Cn3ccc(=O)c4ccccc43)C2)C1=O. The van der Waals surface area contributed by atoms with Gasteiger partial charge in [0.25, 0.3) is 0 Å². The molecular weight excluding hydrogens is 330 g/mol. The topological polar surface area (TPSA) is 62.6 Å². The van der Waals surface area contributed by atoms with E-state index in [2.05, 4.69) is 0 Å². The van der Waals surface area contributed by atoms with Gasteiger partial charge in [-0.05, 0) is 31.4 Å². The van der Waals surface area contributed by atoms with Crippen LogP contribution in [-0.4, -0.2) is 52.9 Å². The summed E-state index contributed by atoms with van der Waals surface area (Å²) in [5.74, 6) is 0.171. The van der Waals surface area contributed by atoms with E-state index >= 15 is 0 Å². The average Bonchev–Trinajstić information content (AvgIpc) is 3.07. The normalized spacial score (nSPS) is 23.2. The van der Waals surface area contributed by atoms with Crippen molar-refractivity contribution >= 4 is 22.7 Å². The molecule has 0 saturated carbocycles. The summed E-state index contributed by atoms with van der Waals surface area (Å²) < 4.78 is 1.82. The van der Waals surface area contributed by atoms with E-state index < -0.39 is 5.41 Å². The van der Waals surface area contributed by atoms with Gasteiger partial charge in [-0.2, -0.15) is 0 Å². The number of benzene rings is 1. The van der Waals surface area contributed by atoms with E-state index in [9.17, 15) is 14.4 Å². The first kappa shape index (κ1) is 16.8. The fraction of sp³-hybridized carbons (Fsp3) is 0.450. The van der Waals surface area contributed by atoms with Gasteiger partial charge in [-0.15, -0.1) is 0 Å². The second-order valence-corrected chi connectivity index (χ2v) is 7.50. The molecule has 4 rings (SSSR count). The van der Waals surface area contributed by atoms with Crippen LogP contribution in [0.15, 0.2) is 41.3 Å². The Morgan fingerprint density at radius 1 is 1.12 bits per heavy atom. The molecule has 0 aliphatic carbocycles. The number of hydrogen-bond donors (Lipinski definition) is 0. The largest absolute Gasteiger partial charge is 0.345 e. The molecule has 136 valence electrons. The number of piperidine rings is 1. The van der Waals surface area contributed by atoms with E-state index in [0.717, 1.165) is 31.3 Å². The van der Waals surface area contributed by atoms with Crippen molar-refractivity contribution in [3.8, 4) is 0 Å². The van der Waals surface area contributed by atoms with Gasteiger partial charge < -0.3 is 14.4 Å². The zero-order valence-corrected chi connectivity index (χ0v) is 15.0. The lowest BCUT2D eigenvalue weighted by molar-refractivity contribution is -0.144. The molecule has 0 bridgehead atoms. The molecule has 1 unspecified atom stereocenters. The van der Waals surface area contributed by atoms with Crippen molar-refractivity contribution in [3.05, 3.63) is 46.8 Å². The number of fused-ring (bicyclic) bond motifs is 1. The third kappa shape index (κ3) is 2.69. The van der Waals surface area contributed by atoms with Crippen LogP contribution in [-0.2, 0) is 16.1 Å². The summed E-state index contributed by atoms with van der Waals surface area (Å²) >= 11 is 0. The smallest absolute Gasteiger partial charge is 0.242 e. The van der Waals surface area contributed by atoms with Gasteiger partial charge >= 0.3 is 0 Å². The van der Waals surface area contributed by atoms with Gasteiger partial charge in [0.1, 0.15) is 6.54 Å². The molecule has 1 atom stereocenters. The van der Waals surface area contributed by atoms with Crippen LogP contribution < -0.4 is 5.43 Å². The molecule has 1 aromatic heterocycles. The van der Waals surface area contributed by atoms with Gasteiger partial charge in [0.2, 0.25) is 11.8 Å². The molecule has 0 N–H and O–H groups in total. The quantitative estimate of drug-likeness (QED) is 0.821. The van der Waals surface area contributed by atoms with Crippen molar-refractivity contribution in [1.29, 1.82) is 0 Å². The molecule has 3 heterocycles. The Hall–Kier alpha value is -2.63. The first-order chi connectivity index (χ1) is 12.5. The monoisotopic (exact) mass is 353 g/mol. The highest BCUT2D eigenvalue weighted by atomic mass is 16.2. The first-order valence-corrected chi connectivity index (χ1v) is 9.12. The molecule has 26 heavy (non-hydrogen) atoms. The summed E-state index contributed by atoms with van der Waals surface area (Å²) in [6.07, 6.45) is 4.27. The minimum absolute atomic E-state index is 0.00305. The molecule has 2 aliphatic rings. The average molecular weight is 353 g/mol. The number of hydrogen-bond acceptors (Lipinski definition) is 3. The molecule has 0 radical (unpaired) electrons. The minimum Gasteiger partial charge on any atom is -0.345 e. The Bertz CT molecular complexity index is 935. The van der Waals surface area contributed by atoms with Crippen molar-refractivity contribution < 1.29 is 9.59 Å². The van der Waals surface area contributed by atoms with E-state index in [1.165, 1.54) is 6.07 Å². The van der Waals surface area contributed by atoms with Crippen LogP contribution >= 0.6 is 0 Å². The lowest BCUT2D eigenvalue weighted by Gasteiger charge is -2.37. The Morgan fingerprint density at radius 3 is 2.77 bits per heavy atom. The van der Waals surface area contributed by atoms with Crippen LogP contribution in [0.1, 0.15) is 19.3 Å². The number of carbonyl (C=O) groups excluding carboxylic acids is 2. The standard InChI is InChI=1S/C20H23N3O3/c1-21-10-4-8-20(19(21)26)9-12-23(14-20)18(25)13-22-11-7-17(24)15-5-2-3-6-16(15)22/h2-3,5-7,11H,4,8-10,12-14H2,1H3. The second kappa shape index (κ2) is 6.27. The lowest BCUT2D eigenvalue weighted by atomic mass is 9.78. The van der Waals surface area contributed by atoms with Crippen molar-refractivity contribution in [1.82, 2.24) is 14.4 Å². The maximum atomic E-state index is 12.9. The molecule has 2 saturated heterocycles. The van der Waals surface area contributed by atoms with Gasteiger partial charge in [0.05, 0.1) is 10.9 Å². The highest BCUT2D eigenvalue weighted by Crippen LogP contribution is 2.39. The van der Waals surface area contributed by atoms with Crippen molar-refractivity contribution in [3.63, 3.8) is 0 Å². The molecule has 6 heteroatoms. The molecule has 2 aliphatic heterocycles. The zero-order chi connectivity index (χ0) is 18.3. The summed E-state index contributed by atoms with van der Waals surface area (Å²) in [6.45, 7) is 2.11. The molecular formula is C20H23N3O3. The number of likely N-dealkylation sites (tertiary alicyclic amines) is 2. The van der Waals surface area contributed by atoms with Crippen LogP contribution in [0.4, 0.5) is 0 Å². The lowest BCUT2D eigenvalue weighted by Crippen LogP contribution is -2.48. The fourth-order valence-electron chi connectivity index (χ4n) is 4.38. The highest BCUT2D eigenvalue weighted by molar-refractivity contribution is 5.86. The maximum absolute atomic E-state index is 12.9. The van der Waals surface area contributed by atoms with Gasteiger partial charge in [-0.3, -0.25) is 14.4 Å². The Morgan fingerprint density at radius 2 is 1.92 bits per heavy atom. The minimum atomic E-state index is -0.395. The van der Waals surface area contributed by atoms with Gasteiger partial charge in [-0.25, -0.2) is 0 Å². The van der Waals surface area contributed by atoms with Gasteiger partial charge in [-0.1, -0.05) is 12.1 Å². The fourth-order valence-corrected chi connectivity index (χ4v) is 4.38. The summed E-state index contributed by atoms with van der Waals surface area (Å²) in [5, 5.41) is 0.616. The maximum Gasteiger partial charge on any atom is 0.242 e. The molecule has 1 aromatic carbocycles. The first-order valence-electron chi connectivity index (χ1n) is 9.12. The number of aromatic nitrogens is 1. The summed E-state index contributed by atoms with van der Waals surface area (Å²) in [7, 11) is 1.85. The van der Waals surface area contributed by atoms with Crippen LogP contribution in [0.25, 0.3) is 10.9 Å². The number of nitrogens with zero attached hydrogens (tertiary/aromatic N) is 3. The summed E-state index contributed by atoms with van der Waals surface area (Å²) in [4.78, 5) is 41.1. The predicted octanol–water partition coefficient (Wildman–Crippen LogP) is 1.47. The van der Waals surface area contributed by atoms with E-state index in [4.69, 9.17) is 0 Å². The molecule has 6 nitrogen and oxygen atoms in total. The van der Waals surface area contributed by atoms with Crippen molar-refractivity contribution in [2.45, 2.75) is 25.8 Å². The second-order valence-electron chi connectivity index (χ2n) is 7.50. The Balaban J connectivity index is 1.54.